The molecule has 160 valence electrons. The minimum absolute atomic E-state index is 0.187. The average Bonchev–Trinajstić information content (AvgIpc) is 3.16. The monoisotopic (exact) mass is 431 g/mol. The number of phenolic OH excluding ortho intramolecular Hbond substituents is 1. The highest BCUT2D eigenvalue weighted by Crippen LogP contribution is 2.36. The van der Waals surface area contributed by atoms with E-state index in [1.165, 1.54) is 0 Å². The Kier molecular flexibility index (Phi) is 4.30. The number of aryl methyl sites for hydroxylation is 2. The van der Waals surface area contributed by atoms with Gasteiger partial charge < -0.3 is 9.84 Å². The second kappa shape index (κ2) is 7.35. The van der Waals surface area contributed by atoms with Gasteiger partial charge >= 0.3 is 0 Å². The van der Waals surface area contributed by atoms with Gasteiger partial charge in [0.2, 0.25) is 5.88 Å². The molecule has 3 aromatic heterocycles. The van der Waals surface area contributed by atoms with Crippen LogP contribution in [0.1, 0.15) is 11.1 Å². The van der Waals surface area contributed by atoms with Gasteiger partial charge in [0, 0.05) is 34.5 Å². The molecular weight excluding hydrogens is 410 g/mol. The lowest BCUT2D eigenvalue weighted by atomic mass is 10.1. The molecule has 0 saturated heterocycles. The van der Waals surface area contributed by atoms with Crippen LogP contribution in [0, 0.1) is 13.8 Å². The average molecular weight is 431 g/mol. The van der Waals surface area contributed by atoms with Crippen LogP contribution >= 0.6 is 0 Å². The molecule has 5 heteroatoms. The smallest absolute Gasteiger partial charge is 0.220 e. The lowest BCUT2D eigenvalue weighted by Gasteiger charge is -2.11. The van der Waals surface area contributed by atoms with Crippen LogP contribution in [0.15, 0.2) is 85.1 Å². The van der Waals surface area contributed by atoms with Crippen LogP contribution in [0.5, 0.6) is 17.4 Å². The number of aromatic hydroxyl groups is 1. The zero-order valence-corrected chi connectivity index (χ0v) is 18.3. The van der Waals surface area contributed by atoms with Crippen molar-refractivity contribution >= 4 is 32.7 Å². The SMILES string of the molecule is Cc1ccc2c(C)cc(Oc3ccc4c5ccccc5n(-c5ccccn5)c4c3)nc2c1O. The molecule has 0 radical (unpaired) electrons. The van der Waals surface area contributed by atoms with Crippen LogP contribution in [-0.2, 0) is 0 Å². The van der Waals surface area contributed by atoms with Gasteiger partial charge in [-0.3, -0.25) is 4.57 Å². The highest BCUT2D eigenvalue weighted by atomic mass is 16.5. The van der Waals surface area contributed by atoms with Crippen LogP contribution in [-0.4, -0.2) is 19.6 Å². The Labute approximate surface area is 190 Å². The first-order valence-corrected chi connectivity index (χ1v) is 10.8. The van der Waals surface area contributed by atoms with E-state index in [-0.39, 0.29) is 5.75 Å². The first-order chi connectivity index (χ1) is 16.1. The predicted molar refractivity (Wildman–Crippen MR) is 132 cm³/mol. The van der Waals surface area contributed by atoms with Gasteiger partial charge in [0.15, 0.2) is 0 Å². The normalized spacial score (nSPS) is 11.5. The number of ether oxygens (including phenoxy) is 1. The van der Waals surface area contributed by atoms with Crippen molar-refractivity contribution < 1.29 is 9.84 Å². The minimum Gasteiger partial charge on any atom is -0.505 e. The summed E-state index contributed by atoms with van der Waals surface area (Å²) in [6, 6.07) is 26.0. The van der Waals surface area contributed by atoms with Gasteiger partial charge in [0.1, 0.15) is 22.8 Å². The maximum Gasteiger partial charge on any atom is 0.220 e. The number of rotatable bonds is 3. The molecule has 33 heavy (non-hydrogen) atoms. The summed E-state index contributed by atoms with van der Waals surface area (Å²) in [6.07, 6.45) is 1.80. The van der Waals surface area contributed by atoms with Crippen LogP contribution in [0.3, 0.4) is 0 Å². The maximum atomic E-state index is 10.5. The van der Waals surface area contributed by atoms with Crippen molar-refractivity contribution in [1.29, 1.82) is 0 Å². The summed E-state index contributed by atoms with van der Waals surface area (Å²) in [5.41, 5.74) is 4.42. The summed E-state index contributed by atoms with van der Waals surface area (Å²) >= 11 is 0. The van der Waals surface area contributed by atoms with Crippen molar-refractivity contribution in [3.63, 3.8) is 0 Å². The predicted octanol–water partition coefficient (Wildman–Crippen LogP) is 6.84. The van der Waals surface area contributed by atoms with Crippen molar-refractivity contribution in [3.8, 4) is 23.2 Å². The molecule has 5 nitrogen and oxygen atoms in total. The molecular formula is C28H21N3O2. The molecule has 6 rings (SSSR count). The first kappa shape index (κ1) is 19.3. The molecule has 0 bridgehead atoms. The summed E-state index contributed by atoms with van der Waals surface area (Å²) in [4.78, 5) is 9.18. The number of aromatic nitrogens is 3. The Morgan fingerprint density at radius 2 is 1.55 bits per heavy atom. The topological polar surface area (TPSA) is 60.2 Å². The lowest BCUT2D eigenvalue weighted by molar-refractivity contribution is 0.459. The second-order valence-electron chi connectivity index (χ2n) is 8.23. The van der Waals surface area contributed by atoms with Gasteiger partial charge in [-0.15, -0.1) is 0 Å². The van der Waals surface area contributed by atoms with Crippen LogP contribution < -0.4 is 4.74 Å². The van der Waals surface area contributed by atoms with Gasteiger partial charge in [0.25, 0.3) is 0 Å². The van der Waals surface area contributed by atoms with E-state index in [2.05, 4.69) is 32.7 Å². The third kappa shape index (κ3) is 3.09. The first-order valence-electron chi connectivity index (χ1n) is 10.8. The van der Waals surface area contributed by atoms with Crippen LogP contribution in [0.2, 0.25) is 0 Å². The third-order valence-electron chi connectivity index (χ3n) is 6.09. The fourth-order valence-electron chi connectivity index (χ4n) is 4.44. The molecule has 0 aliphatic heterocycles. The molecule has 3 heterocycles. The largest absolute Gasteiger partial charge is 0.505 e. The summed E-state index contributed by atoms with van der Waals surface area (Å²) in [5, 5.41) is 13.7. The number of para-hydroxylation sites is 1. The van der Waals surface area contributed by atoms with Gasteiger partial charge in [-0.25, -0.2) is 9.97 Å². The van der Waals surface area contributed by atoms with E-state index < -0.39 is 0 Å². The molecule has 0 spiro atoms. The number of phenols is 1. The van der Waals surface area contributed by atoms with E-state index >= 15 is 0 Å². The van der Waals surface area contributed by atoms with Gasteiger partial charge in [-0.1, -0.05) is 36.4 Å². The van der Waals surface area contributed by atoms with E-state index in [0.29, 0.717) is 17.1 Å². The van der Waals surface area contributed by atoms with E-state index in [1.54, 1.807) is 6.20 Å². The zero-order chi connectivity index (χ0) is 22.5. The Morgan fingerprint density at radius 1 is 0.758 bits per heavy atom. The Morgan fingerprint density at radius 3 is 2.39 bits per heavy atom. The highest BCUT2D eigenvalue weighted by Gasteiger charge is 2.15. The number of hydrogen-bond donors (Lipinski definition) is 1. The van der Waals surface area contributed by atoms with Crippen molar-refractivity contribution in [2.45, 2.75) is 13.8 Å². The molecule has 6 aromatic rings. The minimum atomic E-state index is 0.187. The van der Waals surface area contributed by atoms with Gasteiger partial charge in [-0.05, 0) is 55.3 Å². The number of nitrogens with zero attached hydrogens (tertiary/aromatic N) is 3. The number of fused-ring (bicyclic) bond motifs is 4. The second-order valence-corrected chi connectivity index (χ2v) is 8.23. The summed E-state index contributed by atoms with van der Waals surface area (Å²) in [5.74, 6) is 2.15. The van der Waals surface area contributed by atoms with Crippen molar-refractivity contribution in [1.82, 2.24) is 14.5 Å². The lowest BCUT2D eigenvalue weighted by Crippen LogP contribution is -1.97. The highest BCUT2D eigenvalue weighted by molar-refractivity contribution is 6.09. The molecule has 0 aliphatic rings. The van der Waals surface area contributed by atoms with Gasteiger partial charge in [0.05, 0.1) is 11.0 Å². The van der Waals surface area contributed by atoms with Gasteiger partial charge in [-0.2, -0.15) is 0 Å². The van der Waals surface area contributed by atoms with Crippen molar-refractivity contribution in [2.75, 3.05) is 0 Å². The van der Waals surface area contributed by atoms with Crippen LogP contribution in [0.4, 0.5) is 0 Å². The fraction of sp³-hybridized carbons (Fsp3) is 0.0714. The van der Waals surface area contributed by atoms with E-state index in [9.17, 15) is 5.11 Å². The third-order valence-corrected chi connectivity index (χ3v) is 6.09. The van der Waals surface area contributed by atoms with E-state index in [4.69, 9.17) is 4.74 Å². The van der Waals surface area contributed by atoms with E-state index in [0.717, 1.165) is 44.1 Å². The number of hydrogen-bond acceptors (Lipinski definition) is 4. The fourth-order valence-corrected chi connectivity index (χ4v) is 4.44. The van der Waals surface area contributed by atoms with E-state index in [1.807, 2.05) is 74.5 Å². The standard InChI is InChI=1S/C28H21N3O2/c1-17-10-12-20-18(2)15-26(30-27(20)28(17)32)33-19-11-13-22-21-7-3-4-8-23(21)31(24(22)16-19)25-9-5-6-14-29-25/h3-16,32H,1-2H3. The molecule has 0 atom stereocenters. The Balaban J connectivity index is 1.52. The summed E-state index contributed by atoms with van der Waals surface area (Å²) < 4.78 is 8.35. The quantitative estimate of drug-likeness (QED) is 0.333. The zero-order valence-electron chi connectivity index (χ0n) is 18.3. The molecule has 0 amide bonds. The molecule has 0 saturated carbocycles. The summed E-state index contributed by atoms with van der Waals surface area (Å²) in [7, 11) is 0. The Bertz CT molecular complexity index is 1670. The van der Waals surface area contributed by atoms with Crippen LogP contribution in [0.25, 0.3) is 38.5 Å². The maximum absolute atomic E-state index is 10.5. The number of pyridine rings is 2. The molecule has 1 N–H and O–H groups in total. The van der Waals surface area contributed by atoms with Crippen molar-refractivity contribution in [2.24, 2.45) is 0 Å². The molecule has 0 aliphatic carbocycles. The Hall–Kier alpha value is -4.38. The molecule has 0 unspecified atom stereocenters. The van der Waals surface area contributed by atoms with Crippen molar-refractivity contribution in [3.05, 3.63) is 96.2 Å². The number of benzene rings is 3. The molecule has 3 aromatic carbocycles. The molecule has 0 fully saturated rings. The summed E-state index contributed by atoms with van der Waals surface area (Å²) in [6.45, 7) is 3.86.